The zero-order valence-electron chi connectivity index (χ0n) is 34.9. The first-order chi connectivity index (χ1) is 23.2. The molecule has 0 bridgehead atoms. The average molecular weight is 768 g/mol. The predicted octanol–water partition coefficient (Wildman–Crippen LogP) is 7.43. The SMILES string of the molecule is CC(C)(C)[Si](C)(C)OCCNCC(=O)N(CCO[Si](C)(C)C(C)(C)C)CC(=O)N(CCO[Si](C)(C)C(C)(C)C)CCC(=O)OCc1ccccc1. The van der Waals surface area contributed by atoms with Gasteiger partial charge in [0.05, 0.1) is 32.7 Å². The van der Waals surface area contributed by atoms with Crippen LogP contribution in [0.25, 0.3) is 0 Å². The molecule has 1 N–H and O–H groups in total. The summed E-state index contributed by atoms with van der Waals surface area (Å²) in [5, 5.41) is 3.36. The fourth-order valence-electron chi connectivity index (χ4n) is 4.11. The molecule has 0 saturated carbocycles. The summed E-state index contributed by atoms with van der Waals surface area (Å²) < 4.78 is 24.6. The zero-order valence-corrected chi connectivity index (χ0v) is 37.9. The Morgan fingerprint density at radius 1 is 0.627 bits per heavy atom. The molecule has 51 heavy (non-hydrogen) atoms. The Morgan fingerprint density at radius 3 is 1.55 bits per heavy atom. The van der Waals surface area contributed by atoms with Crippen LogP contribution in [0.5, 0.6) is 0 Å². The summed E-state index contributed by atoms with van der Waals surface area (Å²) >= 11 is 0. The van der Waals surface area contributed by atoms with E-state index in [-0.39, 0.29) is 72.1 Å². The van der Waals surface area contributed by atoms with E-state index in [2.05, 4.69) is 107 Å². The van der Waals surface area contributed by atoms with E-state index < -0.39 is 25.0 Å². The number of rotatable bonds is 21. The molecule has 1 rings (SSSR count). The Balaban J connectivity index is 3.07. The van der Waals surface area contributed by atoms with Gasteiger partial charge < -0.3 is 33.1 Å². The third-order valence-corrected chi connectivity index (χ3v) is 24.6. The van der Waals surface area contributed by atoms with Crippen molar-refractivity contribution >= 4 is 42.7 Å². The van der Waals surface area contributed by atoms with Gasteiger partial charge in [-0.2, -0.15) is 0 Å². The van der Waals surface area contributed by atoms with Crippen molar-refractivity contribution in [3.63, 3.8) is 0 Å². The van der Waals surface area contributed by atoms with Crippen molar-refractivity contribution in [2.45, 2.75) is 130 Å². The maximum absolute atomic E-state index is 14.0. The Hall–Kier alpha value is -1.88. The van der Waals surface area contributed by atoms with Crippen LogP contribution in [-0.4, -0.2) is 112 Å². The van der Waals surface area contributed by atoms with Gasteiger partial charge in [-0.1, -0.05) is 92.6 Å². The number of nitrogens with one attached hydrogen (secondary N) is 1. The summed E-state index contributed by atoms with van der Waals surface area (Å²) in [4.78, 5) is 43.6. The number of ether oxygens (including phenoxy) is 1. The molecular formula is C38H73N3O7Si3. The molecule has 0 unspecified atom stereocenters. The molecule has 0 saturated heterocycles. The van der Waals surface area contributed by atoms with Crippen LogP contribution >= 0.6 is 0 Å². The molecule has 0 atom stereocenters. The van der Waals surface area contributed by atoms with Crippen LogP contribution in [0.4, 0.5) is 0 Å². The summed E-state index contributed by atoms with van der Waals surface area (Å²) in [6, 6.07) is 9.51. The van der Waals surface area contributed by atoms with E-state index in [0.717, 1.165) is 5.56 Å². The monoisotopic (exact) mass is 767 g/mol. The van der Waals surface area contributed by atoms with Gasteiger partial charge in [-0.25, -0.2) is 0 Å². The summed E-state index contributed by atoms with van der Waals surface area (Å²) in [6.07, 6.45) is 0.0386. The van der Waals surface area contributed by atoms with E-state index in [1.807, 2.05) is 30.3 Å². The molecular weight excluding hydrogens is 695 g/mol. The van der Waals surface area contributed by atoms with E-state index >= 15 is 0 Å². The molecule has 0 fully saturated rings. The topological polar surface area (TPSA) is 107 Å². The zero-order chi connectivity index (χ0) is 39.3. The molecule has 0 aromatic heterocycles. The van der Waals surface area contributed by atoms with Gasteiger partial charge in [0.25, 0.3) is 0 Å². The normalized spacial score (nSPS) is 13.2. The van der Waals surface area contributed by atoms with E-state index in [1.54, 1.807) is 9.80 Å². The summed E-state index contributed by atoms with van der Waals surface area (Å²) in [7, 11) is -6.04. The highest BCUT2D eigenvalue weighted by atomic mass is 28.4. The van der Waals surface area contributed by atoms with Crippen molar-refractivity contribution in [1.82, 2.24) is 15.1 Å². The smallest absolute Gasteiger partial charge is 0.307 e. The Kier molecular flexibility index (Phi) is 18.5. The molecule has 13 heteroatoms. The number of benzene rings is 1. The van der Waals surface area contributed by atoms with Gasteiger partial charge in [-0.3, -0.25) is 14.4 Å². The number of hydrogen-bond donors (Lipinski definition) is 1. The minimum Gasteiger partial charge on any atom is -0.461 e. The lowest BCUT2D eigenvalue weighted by molar-refractivity contribution is -0.147. The molecule has 0 radical (unpaired) electrons. The van der Waals surface area contributed by atoms with Crippen molar-refractivity contribution in [2.75, 3.05) is 59.1 Å². The molecule has 2 amide bonds. The molecule has 1 aromatic rings. The number of amides is 2. The average Bonchev–Trinajstić information content (AvgIpc) is 2.99. The lowest BCUT2D eigenvalue weighted by Gasteiger charge is -2.37. The van der Waals surface area contributed by atoms with Crippen LogP contribution in [0.1, 0.15) is 74.3 Å². The summed E-state index contributed by atoms with van der Waals surface area (Å²) in [5.74, 6) is -0.817. The van der Waals surface area contributed by atoms with Crippen molar-refractivity contribution in [2.24, 2.45) is 0 Å². The highest BCUT2D eigenvalue weighted by molar-refractivity contribution is 6.74. The largest absolute Gasteiger partial charge is 0.461 e. The van der Waals surface area contributed by atoms with Crippen molar-refractivity contribution in [1.29, 1.82) is 0 Å². The van der Waals surface area contributed by atoms with Crippen molar-refractivity contribution in [3.8, 4) is 0 Å². The second-order valence-electron chi connectivity index (χ2n) is 18.1. The first kappa shape index (κ1) is 47.1. The van der Waals surface area contributed by atoms with E-state index in [4.69, 9.17) is 18.0 Å². The van der Waals surface area contributed by atoms with Crippen LogP contribution in [0.3, 0.4) is 0 Å². The molecule has 0 aliphatic heterocycles. The van der Waals surface area contributed by atoms with Crippen LogP contribution in [0.2, 0.25) is 54.4 Å². The number of nitrogens with zero attached hydrogens (tertiary/aromatic N) is 2. The number of carbonyl (C=O) groups is 3. The van der Waals surface area contributed by atoms with Gasteiger partial charge >= 0.3 is 5.97 Å². The minimum atomic E-state index is -2.07. The maximum atomic E-state index is 14.0. The molecule has 10 nitrogen and oxygen atoms in total. The Labute approximate surface area is 314 Å². The Morgan fingerprint density at radius 2 is 1.08 bits per heavy atom. The molecule has 1 aromatic carbocycles. The lowest BCUT2D eigenvalue weighted by Crippen LogP contribution is -2.50. The molecule has 0 aliphatic rings. The third kappa shape index (κ3) is 16.8. The first-order valence-corrected chi connectivity index (χ1v) is 27.3. The van der Waals surface area contributed by atoms with Gasteiger partial charge in [-0.15, -0.1) is 0 Å². The first-order valence-electron chi connectivity index (χ1n) is 18.6. The summed E-state index contributed by atoms with van der Waals surface area (Å²) in [6.45, 7) is 35.4. The highest BCUT2D eigenvalue weighted by Gasteiger charge is 2.39. The maximum Gasteiger partial charge on any atom is 0.307 e. The van der Waals surface area contributed by atoms with E-state index in [1.165, 1.54) is 0 Å². The second kappa shape index (κ2) is 20.0. The predicted molar refractivity (Wildman–Crippen MR) is 216 cm³/mol. The second-order valence-corrected chi connectivity index (χ2v) is 32.5. The van der Waals surface area contributed by atoms with Crippen LogP contribution in [0, 0.1) is 0 Å². The molecule has 0 heterocycles. The van der Waals surface area contributed by atoms with Crippen LogP contribution < -0.4 is 5.32 Å². The lowest BCUT2D eigenvalue weighted by atomic mass is 10.2. The molecule has 0 aliphatic carbocycles. The van der Waals surface area contributed by atoms with Crippen LogP contribution in [0.15, 0.2) is 30.3 Å². The van der Waals surface area contributed by atoms with Gasteiger partial charge in [0, 0.05) is 32.8 Å². The highest BCUT2D eigenvalue weighted by Crippen LogP contribution is 2.38. The minimum absolute atomic E-state index is 0.0131. The number of esters is 1. The van der Waals surface area contributed by atoms with Crippen molar-refractivity contribution < 1.29 is 32.4 Å². The van der Waals surface area contributed by atoms with E-state index in [9.17, 15) is 14.4 Å². The van der Waals surface area contributed by atoms with Gasteiger partial charge in [0.15, 0.2) is 25.0 Å². The fraction of sp³-hybridized carbons (Fsp3) is 0.763. The number of carbonyl (C=O) groups excluding carboxylic acids is 3. The third-order valence-electron chi connectivity index (χ3n) is 10.9. The molecule has 294 valence electrons. The Bertz CT molecular complexity index is 1220. The van der Waals surface area contributed by atoms with Crippen molar-refractivity contribution in [3.05, 3.63) is 35.9 Å². The quantitative estimate of drug-likeness (QED) is 0.0783. The molecule has 0 spiro atoms. The standard InChI is InChI=1S/C38H73N3O7Si3/c1-36(2,3)49(10,11)46-26-22-39-29-33(42)41(25-28-48-51(14,15)38(7,8)9)30-34(43)40(24-27-47-50(12,13)37(4,5)6)23-21-35(44)45-31-32-19-17-16-18-20-32/h16-20,39H,21-31H2,1-15H3. The van der Waals surface area contributed by atoms with E-state index in [0.29, 0.717) is 32.9 Å². The summed E-state index contributed by atoms with van der Waals surface area (Å²) in [5.41, 5.74) is 0.899. The number of hydrogen-bond acceptors (Lipinski definition) is 8. The van der Waals surface area contributed by atoms with Gasteiger partial charge in [-0.05, 0) is 60.0 Å². The van der Waals surface area contributed by atoms with Crippen LogP contribution in [-0.2, 0) is 39.0 Å². The van der Waals surface area contributed by atoms with Gasteiger partial charge in [0.2, 0.25) is 11.8 Å². The van der Waals surface area contributed by atoms with Gasteiger partial charge in [0.1, 0.15) is 6.61 Å². The fourth-order valence-corrected chi connectivity index (χ4v) is 7.22.